The SMILES string of the molecule is O=C(O)CC1(NC2CCSC2)CNC1. The Balaban J connectivity index is 1.87. The average Bonchev–Trinajstić information content (AvgIpc) is 2.51. The highest BCUT2D eigenvalue weighted by molar-refractivity contribution is 7.99. The highest BCUT2D eigenvalue weighted by Crippen LogP contribution is 2.23. The van der Waals surface area contributed by atoms with Gasteiger partial charge in [-0.05, 0) is 12.2 Å². The van der Waals surface area contributed by atoms with E-state index in [2.05, 4.69) is 10.6 Å². The summed E-state index contributed by atoms with van der Waals surface area (Å²) in [4.78, 5) is 10.7. The molecule has 1 unspecified atom stereocenters. The van der Waals surface area contributed by atoms with Gasteiger partial charge in [0.25, 0.3) is 0 Å². The van der Waals surface area contributed by atoms with Crippen molar-refractivity contribution < 1.29 is 9.90 Å². The Labute approximate surface area is 87.8 Å². The molecule has 0 aromatic heterocycles. The van der Waals surface area contributed by atoms with Crippen molar-refractivity contribution in [3.63, 3.8) is 0 Å². The standard InChI is InChI=1S/C9H16N2O2S/c12-8(13)3-9(5-10-6-9)11-7-1-2-14-4-7/h7,10-11H,1-6H2,(H,12,13). The van der Waals surface area contributed by atoms with Gasteiger partial charge in [0.2, 0.25) is 0 Å². The van der Waals surface area contributed by atoms with Crippen LogP contribution < -0.4 is 10.6 Å². The third kappa shape index (κ3) is 2.21. The van der Waals surface area contributed by atoms with Crippen LogP contribution in [0.5, 0.6) is 0 Å². The lowest BCUT2D eigenvalue weighted by Gasteiger charge is -2.44. The molecule has 80 valence electrons. The Morgan fingerprint density at radius 1 is 1.64 bits per heavy atom. The molecule has 1 atom stereocenters. The molecule has 0 bridgehead atoms. The third-order valence-corrected chi connectivity index (χ3v) is 4.02. The van der Waals surface area contributed by atoms with Crippen molar-refractivity contribution in [3.8, 4) is 0 Å². The Morgan fingerprint density at radius 3 is 2.86 bits per heavy atom. The number of hydrogen-bond donors (Lipinski definition) is 3. The summed E-state index contributed by atoms with van der Waals surface area (Å²) >= 11 is 1.95. The van der Waals surface area contributed by atoms with Gasteiger partial charge in [0.15, 0.2) is 0 Å². The van der Waals surface area contributed by atoms with E-state index >= 15 is 0 Å². The van der Waals surface area contributed by atoms with Crippen LogP contribution in [0.3, 0.4) is 0 Å². The first-order valence-corrected chi connectivity index (χ1v) is 6.14. The molecule has 0 aliphatic carbocycles. The highest BCUT2D eigenvalue weighted by Gasteiger charge is 2.40. The van der Waals surface area contributed by atoms with Crippen LogP contribution in [0, 0.1) is 0 Å². The van der Waals surface area contributed by atoms with Crippen LogP contribution in [0.4, 0.5) is 0 Å². The lowest BCUT2D eigenvalue weighted by Crippen LogP contribution is -2.70. The van der Waals surface area contributed by atoms with Gasteiger partial charge in [-0.25, -0.2) is 0 Å². The first kappa shape index (κ1) is 10.3. The molecular formula is C9H16N2O2S. The smallest absolute Gasteiger partial charge is 0.305 e. The van der Waals surface area contributed by atoms with Gasteiger partial charge >= 0.3 is 5.97 Å². The van der Waals surface area contributed by atoms with E-state index < -0.39 is 5.97 Å². The van der Waals surface area contributed by atoms with Crippen molar-refractivity contribution in [1.29, 1.82) is 0 Å². The van der Waals surface area contributed by atoms with Gasteiger partial charge in [-0.15, -0.1) is 0 Å². The van der Waals surface area contributed by atoms with Crippen LogP contribution in [-0.2, 0) is 4.79 Å². The molecular weight excluding hydrogens is 200 g/mol. The lowest BCUT2D eigenvalue weighted by molar-refractivity contribution is -0.139. The Morgan fingerprint density at radius 2 is 2.43 bits per heavy atom. The van der Waals surface area contributed by atoms with Gasteiger partial charge in [0.05, 0.1) is 12.0 Å². The van der Waals surface area contributed by atoms with Crippen molar-refractivity contribution in [2.75, 3.05) is 24.6 Å². The van der Waals surface area contributed by atoms with Crippen molar-refractivity contribution in [3.05, 3.63) is 0 Å². The summed E-state index contributed by atoms with van der Waals surface area (Å²) in [7, 11) is 0. The zero-order valence-corrected chi connectivity index (χ0v) is 8.90. The second-order valence-electron chi connectivity index (χ2n) is 4.16. The highest BCUT2D eigenvalue weighted by atomic mass is 32.2. The van der Waals surface area contributed by atoms with Gasteiger partial charge in [-0.1, -0.05) is 0 Å². The van der Waals surface area contributed by atoms with E-state index in [-0.39, 0.29) is 12.0 Å². The maximum atomic E-state index is 10.7. The number of rotatable bonds is 4. The summed E-state index contributed by atoms with van der Waals surface area (Å²) in [5, 5.41) is 15.5. The number of aliphatic carboxylic acids is 1. The second kappa shape index (κ2) is 4.08. The van der Waals surface area contributed by atoms with E-state index in [1.54, 1.807) is 0 Å². The fraction of sp³-hybridized carbons (Fsp3) is 0.889. The third-order valence-electron chi connectivity index (χ3n) is 2.86. The Hall–Kier alpha value is -0.260. The number of carbonyl (C=O) groups is 1. The largest absolute Gasteiger partial charge is 0.481 e. The zero-order valence-electron chi connectivity index (χ0n) is 8.08. The monoisotopic (exact) mass is 216 g/mol. The number of carboxylic acid groups (broad SMARTS) is 1. The van der Waals surface area contributed by atoms with Crippen LogP contribution in [0.2, 0.25) is 0 Å². The quantitative estimate of drug-likeness (QED) is 0.612. The topological polar surface area (TPSA) is 61.4 Å². The van der Waals surface area contributed by atoms with Gasteiger partial charge in [-0.2, -0.15) is 11.8 Å². The molecule has 0 saturated carbocycles. The molecule has 2 rings (SSSR count). The Bertz CT molecular complexity index is 225. The van der Waals surface area contributed by atoms with Crippen LogP contribution in [0.25, 0.3) is 0 Å². The van der Waals surface area contributed by atoms with Crippen molar-refractivity contribution in [2.45, 2.75) is 24.4 Å². The molecule has 2 heterocycles. The molecule has 5 heteroatoms. The summed E-state index contributed by atoms with van der Waals surface area (Å²) < 4.78 is 0. The second-order valence-corrected chi connectivity index (χ2v) is 5.31. The van der Waals surface area contributed by atoms with Gasteiger partial charge in [0, 0.05) is 24.9 Å². The predicted molar refractivity (Wildman–Crippen MR) is 56.7 cm³/mol. The summed E-state index contributed by atoms with van der Waals surface area (Å²) in [5.74, 6) is 1.62. The number of thioether (sulfide) groups is 1. The summed E-state index contributed by atoms with van der Waals surface area (Å²) in [6.45, 7) is 1.58. The maximum Gasteiger partial charge on any atom is 0.305 e. The molecule has 4 nitrogen and oxygen atoms in total. The minimum atomic E-state index is -0.704. The van der Waals surface area contributed by atoms with Crippen molar-refractivity contribution >= 4 is 17.7 Å². The number of carboxylic acids is 1. The van der Waals surface area contributed by atoms with E-state index in [1.807, 2.05) is 11.8 Å². The molecule has 0 amide bonds. The fourth-order valence-corrected chi connectivity index (χ4v) is 3.23. The fourth-order valence-electron chi connectivity index (χ4n) is 2.08. The maximum absolute atomic E-state index is 10.7. The molecule has 0 aromatic rings. The van der Waals surface area contributed by atoms with Crippen molar-refractivity contribution in [1.82, 2.24) is 10.6 Å². The molecule has 14 heavy (non-hydrogen) atoms. The van der Waals surface area contributed by atoms with Gasteiger partial charge < -0.3 is 15.7 Å². The molecule has 2 fully saturated rings. The normalized spacial score (nSPS) is 29.9. The summed E-state index contributed by atoms with van der Waals surface area (Å²) in [6, 6.07) is 0.515. The minimum Gasteiger partial charge on any atom is -0.481 e. The first-order chi connectivity index (χ1) is 6.70. The molecule has 2 aliphatic rings. The molecule has 0 aromatic carbocycles. The number of hydrogen-bond acceptors (Lipinski definition) is 4. The van der Waals surface area contributed by atoms with E-state index in [4.69, 9.17) is 5.11 Å². The molecule has 3 N–H and O–H groups in total. The van der Waals surface area contributed by atoms with Crippen molar-refractivity contribution in [2.24, 2.45) is 0 Å². The molecule has 2 saturated heterocycles. The van der Waals surface area contributed by atoms with Gasteiger partial charge in [-0.3, -0.25) is 4.79 Å². The summed E-state index contributed by atoms with van der Waals surface area (Å²) in [6.07, 6.45) is 1.41. The van der Waals surface area contributed by atoms with Crippen LogP contribution in [-0.4, -0.2) is 47.3 Å². The van der Waals surface area contributed by atoms with Gasteiger partial charge in [0.1, 0.15) is 0 Å². The first-order valence-electron chi connectivity index (χ1n) is 4.98. The Kier molecular flexibility index (Phi) is 2.99. The molecule has 0 radical (unpaired) electrons. The van der Waals surface area contributed by atoms with Crippen LogP contribution >= 0.6 is 11.8 Å². The van der Waals surface area contributed by atoms with Crippen LogP contribution in [0.15, 0.2) is 0 Å². The average molecular weight is 216 g/mol. The molecule has 2 aliphatic heterocycles. The molecule has 0 spiro atoms. The van der Waals surface area contributed by atoms with E-state index in [9.17, 15) is 4.79 Å². The lowest BCUT2D eigenvalue weighted by atomic mass is 9.87. The number of nitrogens with one attached hydrogen (secondary N) is 2. The van der Waals surface area contributed by atoms with E-state index in [1.165, 1.54) is 12.2 Å². The summed E-state index contributed by atoms with van der Waals surface area (Å²) in [5.41, 5.74) is -0.165. The van der Waals surface area contributed by atoms with E-state index in [0.29, 0.717) is 6.04 Å². The van der Waals surface area contributed by atoms with Crippen LogP contribution in [0.1, 0.15) is 12.8 Å². The minimum absolute atomic E-state index is 0.165. The van der Waals surface area contributed by atoms with E-state index in [0.717, 1.165) is 18.8 Å². The zero-order chi connectivity index (χ0) is 10.0. The predicted octanol–water partition coefficient (Wildman–Crippen LogP) is -0.102.